The summed E-state index contributed by atoms with van der Waals surface area (Å²) in [7, 11) is 1.90. The number of hydrogen-bond acceptors (Lipinski definition) is 4. The van der Waals surface area contributed by atoms with E-state index in [9.17, 15) is 14.7 Å². The number of hydrogen-bond donors (Lipinski definition) is 3. The van der Waals surface area contributed by atoms with Gasteiger partial charge in [0.05, 0.1) is 17.1 Å². The van der Waals surface area contributed by atoms with E-state index in [0.29, 0.717) is 12.5 Å². The summed E-state index contributed by atoms with van der Waals surface area (Å²) in [5.41, 5.74) is 11.6. The van der Waals surface area contributed by atoms with Crippen molar-refractivity contribution in [1.82, 2.24) is 4.57 Å². The second kappa shape index (κ2) is 6.20. The van der Waals surface area contributed by atoms with Crippen molar-refractivity contribution in [2.75, 3.05) is 18.1 Å². The number of aromatic nitrogens is 1. The van der Waals surface area contributed by atoms with Crippen LogP contribution in [0.4, 0.5) is 11.4 Å². The Kier molecular flexibility index (Phi) is 3.98. The van der Waals surface area contributed by atoms with Gasteiger partial charge in [0.2, 0.25) is 0 Å². The van der Waals surface area contributed by atoms with Crippen LogP contribution in [0.5, 0.6) is 0 Å². The predicted molar refractivity (Wildman–Crippen MR) is 102 cm³/mol. The SMILES string of the molecule is CNc1c(C2CCCC2)cc2c(c1N)CCn1cc(C(=O)O)c(=O)cc1-2. The van der Waals surface area contributed by atoms with E-state index < -0.39 is 11.4 Å². The van der Waals surface area contributed by atoms with Crippen molar-refractivity contribution < 1.29 is 9.90 Å². The maximum atomic E-state index is 12.3. The lowest BCUT2D eigenvalue weighted by molar-refractivity contribution is 0.0694. The summed E-state index contributed by atoms with van der Waals surface area (Å²) in [5, 5.41) is 12.5. The van der Waals surface area contributed by atoms with Gasteiger partial charge in [-0.05, 0) is 42.4 Å². The van der Waals surface area contributed by atoms with Gasteiger partial charge in [0, 0.05) is 31.4 Å². The van der Waals surface area contributed by atoms with Crippen molar-refractivity contribution in [2.45, 2.75) is 44.6 Å². The second-order valence-electron chi connectivity index (χ2n) is 7.20. The maximum Gasteiger partial charge on any atom is 0.341 e. The monoisotopic (exact) mass is 353 g/mol. The average Bonchev–Trinajstić information content (AvgIpc) is 3.15. The number of nitrogen functional groups attached to an aromatic ring is 1. The molecule has 1 saturated carbocycles. The molecule has 0 radical (unpaired) electrons. The molecule has 0 saturated heterocycles. The maximum absolute atomic E-state index is 12.3. The molecule has 0 bridgehead atoms. The number of carboxylic acid groups (broad SMARTS) is 1. The van der Waals surface area contributed by atoms with Gasteiger partial charge in [-0.25, -0.2) is 4.79 Å². The Balaban J connectivity index is 1.94. The fourth-order valence-electron chi connectivity index (χ4n) is 4.49. The molecule has 2 heterocycles. The smallest absolute Gasteiger partial charge is 0.341 e. The van der Waals surface area contributed by atoms with Gasteiger partial charge in [-0.2, -0.15) is 0 Å². The van der Waals surface area contributed by atoms with Gasteiger partial charge in [-0.15, -0.1) is 0 Å². The molecule has 2 aliphatic rings. The van der Waals surface area contributed by atoms with Gasteiger partial charge in [-0.3, -0.25) is 4.79 Å². The minimum Gasteiger partial charge on any atom is -0.477 e. The van der Waals surface area contributed by atoms with Crippen LogP contribution in [0.3, 0.4) is 0 Å². The zero-order valence-electron chi connectivity index (χ0n) is 14.8. The van der Waals surface area contributed by atoms with Crippen molar-refractivity contribution >= 4 is 17.3 Å². The summed E-state index contributed by atoms with van der Waals surface area (Å²) >= 11 is 0. The highest BCUT2D eigenvalue weighted by molar-refractivity contribution is 5.89. The fourth-order valence-corrected chi connectivity index (χ4v) is 4.49. The number of aromatic carboxylic acids is 1. The van der Waals surface area contributed by atoms with E-state index in [0.717, 1.165) is 47.5 Å². The van der Waals surface area contributed by atoms with Gasteiger partial charge >= 0.3 is 5.97 Å². The number of nitrogens with two attached hydrogens (primary N) is 1. The lowest BCUT2D eigenvalue weighted by Crippen LogP contribution is -2.23. The average molecular weight is 353 g/mol. The molecule has 0 unspecified atom stereocenters. The second-order valence-corrected chi connectivity index (χ2v) is 7.20. The first kappa shape index (κ1) is 16.7. The molecule has 2 aromatic rings. The number of benzene rings is 1. The van der Waals surface area contributed by atoms with E-state index in [-0.39, 0.29) is 5.56 Å². The summed E-state index contributed by atoms with van der Waals surface area (Å²) in [4.78, 5) is 23.5. The molecule has 1 aromatic heterocycles. The van der Waals surface area contributed by atoms with Gasteiger partial charge in [-0.1, -0.05) is 12.8 Å². The number of carboxylic acids is 1. The van der Waals surface area contributed by atoms with Gasteiger partial charge < -0.3 is 20.7 Å². The Morgan fingerprint density at radius 2 is 2.04 bits per heavy atom. The van der Waals surface area contributed by atoms with Crippen LogP contribution in [0, 0.1) is 0 Å². The molecular weight excluding hydrogens is 330 g/mol. The number of pyridine rings is 1. The lowest BCUT2D eigenvalue weighted by atomic mass is 9.86. The number of carbonyl (C=O) groups is 1. The molecule has 6 heteroatoms. The molecule has 136 valence electrons. The van der Waals surface area contributed by atoms with E-state index in [1.54, 1.807) is 0 Å². The summed E-state index contributed by atoms with van der Waals surface area (Å²) in [6.45, 7) is 0.610. The quantitative estimate of drug-likeness (QED) is 0.737. The first-order valence-corrected chi connectivity index (χ1v) is 9.12. The molecule has 0 amide bonds. The molecule has 0 spiro atoms. The highest BCUT2D eigenvalue weighted by Crippen LogP contribution is 2.45. The normalized spacial score (nSPS) is 16.2. The Hall–Kier alpha value is -2.76. The van der Waals surface area contributed by atoms with Crippen LogP contribution < -0.4 is 16.5 Å². The molecule has 0 atom stereocenters. The van der Waals surface area contributed by atoms with Crippen LogP contribution in [-0.4, -0.2) is 22.7 Å². The first-order chi connectivity index (χ1) is 12.5. The Morgan fingerprint density at radius 3 is 2.69 bits per heavy atom. The summed E-state index contributed by atoms with van der Waals surface area (Å²) in [6, 6.07) is 3.61. The number of anilines is 2. The molecule has 26 heavy (non-hydrogen) atoms. The van der Waals surface area contributed by atoms with Crippen molar-refractivity contribution in [3.05, 3.63) is 45.2 Å². The van der Waals surface area contributed by atoms with Crippen molar-refractivity contribution in [2.24, 2.45) is 0 Å². The predicted octanol–water partition coefficient (Wildman–Crippen LogP) is 3.05. The van der Waals surface area contributed by atoms with E-state index in [1.165, 1.54) is 30.7 Å². The molecule has 6 nitrogen and oxygen atoms in total. The topological polar surface area (TPSA) is 97.3 Å². The van der Waals surface area contributed by atoms with E-state index in [2.05, 4.69) is 11.4 Å². The Labute approximate surface area is 151 Å². The molecule has 1 aliphatic carbocycles. The first-order valence-electron chi connectivity index (χ1n) is 9.12. The van der Waals surface area contributed by atoms with Crippen LogP contribution in [0.1, 0.15) is 53.1 Å². The third-order valence-corrected chi connectivity index (χ3v) is 5.79. The molecule has 4 rings (SSSR count). The molecule has 4 N–H and O–H groups in total. The van der Waals surface area contributed by atoms with E-state index >= 15 is 0 Å². The van der Waals surface area contributed by atoms with Crippen molar-refractivity contribution in [3.63, 3.8) is 0 Å². The van der Waals surface area contributed by atoms with Crippen LogP contribution in [0.2, 0.25) is 0 Å². The Bertz CT molecular complexity index is 956. The largest absolute Gasteiger partial charge is 0.477 e. The third kappa shape index (κ3) is 2.48. The highest BCUT2D eigenvalue weighted by atomic mass is 16.4. The van der Waals surface area contributed by atoms with Crippen LogP contribution in [0.25, 0.3) is 11.3 Å². The van der Waals surface area contributed by atoms with Gasteiger partial charge in [0.1, 0.15) is 5.56 Å². The lowest BCUT2D eigenvalue weighted by Gasteiger charge is -2.28. The minimum atomic E-state index is -1.19. The van der Waals surface area contributed by atoms with Gasteiger partial charge in [0.25, 0.3) is 0 Å². The molecule has 1 aromatic carbocycles. The van der Waals surface area contributed by atoms with Gasteiger partial charge in [0.15, 0.2) is 5.43 Å². The molecule has 1 fully saturated rings. The standard InChI is InChI=1S/C20H23N3O3/c1-22-19-13(11-4-2-3-5-11)8-14-12(18(19)21)6-7-23-10-15(20(25)26)17(24)9-16(14)23/h8-11,22H,2-7,21H2,1H3,(H,25,26). The zero-order valence-corrected chi connectivity index (χ0v) is 14.8. The number of aryl methyl sites for hydroxylation is 1. The number of rotatable bonds is 3. The number of nitrogens with one attached hydrogen (secondary N) is 1. The summed E-state index contributed by atoms with van der Waals surface area (Å²) < 4.78 is 1.87. The number of nitrogens with zero attached hydrogens (tertiary/aromatic N) is 1. The molecule has 1 aliphatic heterocycles. The van der Waals surface area contributed by atoms with E-state index in [1.807, 2.05) is 11.6 Å². The van der Waals surface area contributed by atoms with E-state index in [4.69, 9.17) is 5.73 Å². The highest BCUT2D eigenvalue weighted by Gasteiger charge is 2.27. The minimum absolute atomic E-state index is 0.187. The van der Waals surface area contributed by atoms with Crippen molar-refractivity contribution in [1.29, 1.82) is 0 Å². The molecular formula is C20H23N3O3. The fraction of sp³-hybridized carbons (Fsp3) is 0.400. The summed E-state index contributed by atoms with van der Waals surface area (Å²) in [6.07, 6.45) is 6.93. The van der Waals surface area contributed by atoms with Crippen molar-refractivity contribution in [3.8, 4) is 11.3 Å². The zero-order chi connectivity index (χ0) is 18.4. The summed E-state index contributed by atoms with van der Waals surface area (Å²) in [5.74, 6) is -0.710. The van der Waals surface area contributed by atoms with Crippen LogP contribution in [0.15, 0.2) is 23.1 Å². The Morgan fingerprint density at radius 1 is 1.31 bits per heavy atom. The van der Waals surface area contributed by atoms with Crippen LogP contribution >= 0.6 is 0 Å². The number of fused-ring (bicyclic) bond motifs is 3. The van der Waals surface area contributed by atoms with Crippen LogP contribution in [-0.2, 0) is 13.0 Å². The third-order valence-electron chi connectivity index (χ3n) is 5.79.